The lowest BCUT2D eigenvalue weighted by Gasteiger charge is -2.34. The van der Waals surface area contributed by atoms with Crippen LogP contribution < -0.4 is 11.1 Å². The summed E-state index contributed by atoms with van der Waals surface area (Å²) in [5.41, 5.74) is 8.26. The van der Waals surface area contributed by atoms with E-state index in [1.54, 1.807) is 0 Å². The van der Waals surface area contributed by atoms with Gasteiger partial charge in [-0.25, -0.2) is 4.98 Å². The lowest BCUT2D eigenvalue weighted by Crippen LogP contribution is -2.49. The Morgan fingerprint density at radius 3 is 3.00 bits per heavy atom. The lowest BCUT2D eigenvalue weighted by molar-refractivity contribution is -0.136. The van der Waals surface area contributed by atoms with Crippen molar-refractivity contribution < 1.29 is 9.53 Å². The minimum Gasteiger partial charge on any atom is -0.381 e. The van der Waals surface area contributed by atoms with Crippen LogP contribution in [0.5, 0.6) is 0 Å². The summed E-state index contributed by atoms with van der Waals surface area (Å²) >= 11 is 0. The minimum atomic E-state index is -0.492. The molecule has 22 heavy (non-hydrogen) atoms. The van der Waals surface area contributed by atoms with Gasteiger partial charge in [-0.1, -0.05) is 0 Å². The third-order valence-corrected chi connectivity index (χ3v) is 4.42. The molecule has 0 atom stereocenters. The number of nitrogens with zero attached hydrogens (tertiary/aromatic N) is 2. The van der Waals surface area contributed by atoms with Crippen molar-refractivity contribution in [1.29, 1.82) is 0 Å². The van der Waals surface area contributed by atoms with Crippen LogP contribution in [0, 0.1) is 12.3 Å². The van der Waals surface area contributed by atoms with Gasteiger partial charge >= 0.3 is 0 Å². The van der Waals surface area contributed by atoms with Crippen molar-refractivity contribution in [1.82, 2.24) is 14.7 Å². The lowest BCUT2D eigenvalue weighted by atomic mass is 9.79. The molecule has 0 aliphatic carbocycles. The van der Waals surface area contributed by atoms with E-state index in [0.29, 0.717) is 39.1 Å². The summed E-state index contributed by atoms with van der Waals surface area (Å²) in [7, 11) is 0. The molecular weight excluding hydrogens is 280 g/mol. The van der Waals surface area contributed by atoms with Crippen molar-refractivity contribution in [2.45, 2.75) is 26.3 Å². The monoisotopic (exact) mass is 302 g/mol. The zero-order valence-electron chi connectivity index (χ0n) is 12.8. The van der Waals surface area contributed by atoms with E-state index in [-0.39, 0.29) is 5.91 Å². The highest BCUT2D eigenvalue weighted by Crippen LogP contribution is 2.29. The Hall–Kier alpha value is -1.92. The molecule has 1 saturated heterocycles. The number of nitrogens with one attached hydrogen (secondary N) is 1. The van der Waals surface area contributed by atoms with Gasteiger partial charge < -0.3 is 20.2 Å². The molecule has 1 aliphatic heterocycles. The van der Waals surface area contributed by atoms with E-state index in [0.717, 1.165) is 16.9 Å². The van der Waals surface area contributed by atoms with Crippen LogP contribution in [-0.4, -0.2) is 35.1 Å². The van der Waals surface area contributed by atoms with Gasteiger partial charge in [-0.2, -0.15) is 0 Å². The average molecular weight is 302 g/mol. The first-order valence-corrected chi connectivity index (χ1v) is 7.63. The van der Waals surface area contributed by atoms with Gasteiger partial charge in [-0.05, 0) is 37.5 Å². The van der Waals surface area contributed by atoms with Gasteiger partial charge in [0.05, 0.1) is 17.7 Å². The summed E-state index contributed by atoms with van der Waals surface area (Å²) in [6.07, 6.45) is 5.27. The Morgan fingerprint density at radius 2 is 2.27 bits per heavy atom. The first-order chi connectivity index (χ1) is 10.6. The van der Waals surface area contributed by atoms with Crippen LogP contribution in [0.2, 0.25) is 0 Å². The second-order valence-electron chi connectivity index (χ2n) is 5.98. The van der Waals surface area contributed by atoms with Crippen LogP contribution in [0.25, 0.3) is 5.65 Å². The topological polar surface area (TPSA) is 81.7 Å². The number of aryl methyl sites for hydroxylation is 1. The molecule has 0 radical (unpaired) electrons. The summed E-state index contributed by atoms with van der Waals surface area (Å²) in [6.45, 7) is 4.00. The van der Waals surface area contributed by atoms with Gasteiger partial charge in [0.25, 0.3) is 0 Å². The van der Waals surface area contributed by atoms with E-state index in [4.69, 9.17) is 10.5 Å². The standard InChI is InChI=1S/C16H22N4O2/c1-12-2-5-20-10-13(19-14(20)8-12)9-18-15(21)16(11-17)3-6-22-7-4-16/h2,5,8,10H,3-4,6-7,9,11,17H2,1H3,(H,18,21). The summed E-state index contributed by atoms with van der Waals surface area (Å²) < 4.78 is 7.30. The van der Waals surface area contributed by atoms with Gasteiger partial charge in [-0.15, -0.1) is 0 Å². The molecule has 1 fully saturated rings. The van der Waals surface area contributed by atoms with Gasteiger partial charge in [0, 0.05) is 32.2 Å². The number of nitrogens with two attached hydrogens (primary N) is 1. The van der Waals surface area contributed by atoms with E-state index in [1.807, 2.05) is 35.9 Å². The molecule has 0 aromatic carbocycles. The Kier molecular flexibility index (Phi) is 4.13. The molecule has 3 N–H and O–H groups in total. The molecule has 1 aliphatic rings. The predicted octanol–water partition coefficient (Wildman–Crippen LogP) is 1.01. The maximum Gasteiger partial charge on any atom is 0.227 e. The number of amides is 1. The van der Waals surface area contributed by atoms with E-state index in [1.165, 1.54) is 0 Å². The fourth-order valence-corrected chi connectivity index (χ4v) is 2.87. The van der Waals surface area contributed by atoms with E-state index in [2.05, 4.69) is 10.3 Å². The number of carbonyl (C=O) groups excluding carboxylic acids is 1. The van der Waals surface area contributed by atoms with Crippen molar-refractivity contribution in [3.05, 3.63) is 35.8 Å². The van der Waals surface area contributed by atoms with Gasteiger partial charge in [0.1, 0.15) is 5.65 Å². The molecule has 3 heterocycles. The quantitative estimate of drug-likeness (QED) is 0.883. The van der Waals surface area contributed by atoms with Crippen molar-refractivity contribution in [2.75, 3.05) is 19.8 Å². The van der Waals surface area contributed by atoms with Crippen molar-refractivity contribution in [3.63, 3.8) is 0 Å². The number of hydrogen-bond donors (Lipinski definition) is 2. The maximum absolute atomic E-state index is 12.5. The summed E-state index contributed by atoms with van der Waals surface area (Å²) in [5, 5.41) is 2.99. The third kappa shape index (κ3) is 2.84. The molecule has 2 aromatic heterocycles. The van der Waals surface area contributed by atoms with E-state index >= 15 is 0 Å². The number of pyridine rings is 1. The molecule has 1 amide bonds. The first-order valence-electron chi connectivity index (χ1n) is 7.63. The molecule has 6 heteroatoms. The zero-order chi connectivity index (χ0) is 15.6. The highest BCUT2D eigenvalue weighted by Gasteiger charge is 2.38. The zero-order valence-corrected chi connectivity index (χ0v) is 12.8. The number of carbonyl (C=O) groups is 1. The maximum atomic E-state index is 12.5. The molecule has 3 rings (SSSR count). The summed E-state index contributed by atoms with van der Waals surface area (Å²) in [6, 6.07) is 4.05. The van der Waals surface area contributed by atoms with Gasteiger partial charge in [-0.3, -0.25) is 4.79 Å². The Balaban J connectivity index is 1.68. The van der Waals surface area contributed by atoms with Crippen LogP contribution >= 0.6 is 0 Å². The SMILES string of the molecule is Cc1ccn2cc(CNC(=O)C3(CN)CCOCC3)nc2c1. The number of rotatable bonds is 4. The second-order valence-corrected chi connectivity index (χ2v) is 5.98. The van der Waals surface area contributed by atoms with E-state index in [9.17, 15) is 4.79 Å². The molecule has 0 spiro atoms. The van der Waals surface area contributed by atoms with Crippen LogP contribution in [0.15, 0.2) is 24.5 Å². The second kappa shape index (κ2) is 6.06. The van der Waals surface area contributed by atoms with Crippen molar-refractivity contribution >= 4 is 11.6 Å². The highest BCUT2D eigenvalue weighted by atomic mass is 16.5. The Labute approximate surface area is 129 Å². The Bertz CT molecular complexity index is 674. The van der Waals surface area contributed by atoms with Crippen molar-refractivity contribution in [2.24, 2.45) is 11.1 Å². The molecule has 0 bridgehead atoms. The largest absolute Gasteiger partial charge is 0.381 e. The van der Waals surface area contributed by atoms with Crippen LogP contribution in [-0.2, 0) is 16.1 Å². The smallest absolute Gasteiger partial charge is 0.227 e. The number of hydrogen-bond acceptors (Lipinski definition) is 4. The van der Waals surface area contributed by atoms with E-state index < -0.39 is 5.41 Å². The average Bonchev–Trinajstić information content (AvgIpc) is 2.95. The number of aromatic nitrogens is 2. The molecule has 0 saturated carbocycles. The van der Waals surface area contributed by atoms with Gasteiger partial charge in [0.15, 0.2) is 0 Å². The first kappa shape index (κ1) is 15.0. The number of imidazole rings is 1. The van der Waals surface area contributed by atoms with Gasteiger partial charge in [0.2, 0.25) is 5.91 Å². The van der Waals surface area contributed by atoms with Crippen LogP contribution in [0.3, 0.4) is 0 Å². The molecular formula is C16H22N4O2. The van der Waals surface area contributed by atoms with Crippen LogP contribution in [0.1, 0.15) is 24.1 Å². The molecule has 6 nitrogen and oxygen atoms in total. The highest BCUT2D eigenvalue weighted by molar-refractivity contribution is 5.83. The Morgan fingerprint density at radius 1 is 1.50 bits per heavy atom. The fraction of sp³-hybridized carbons (Fsp3) is 0.500. The normalized spacial score (nSPS) is 17.5. The third-order valence-electron chi connectivity index (χ3n) is 4.42. The molecule has 118 valence electrons. The summed E-state index contributed by atoms with van der Waals surface area (Å²) in [5.74, 6) is 0.00605. The van der Waals surface area contributed by atoms with Crippen molar-refractivity contribution in [3.8, 4) is 0 Å². The van der Waals surface area contributed by atoms with Crippen LogP contribution in [0.4, 0.5) is 0 Å². The number of ether oxygens (including phenoxy) is 1. The molecule has 2 aromatic rings. The predicted molar refractivity (Wildman–Crippen MR) is 83.3 cm³/mol. The minimum absolute atomic E-state index is 0.00605. The summed E-state index contributed by atoms with van der Waals surface area (Å²) in [4.78, 5) is 17.0. The molecule has 0 unspecified atom stereocenters. The number of fused-ring (bicyclic) bond motifs is 1. The fourth-order valence-electron chi connectivity index (χ4n) is 2.87.